The van der Waals surface area contributed by atoms with Gasteiger partial charge in [-0.15, -0.1) is 20.4 Å². The van der Waals surface area contributed by atoms with Crippen LogP contribution < -0.4 is 0 Å². The second kappa shape index (κ2) is 9.09. The molecule has 0 saturated heterocycles. The van der Waals surface area contributed by atoms with Gasteiger partial charge in [0.15, 0.2) is 21.7 Å². The molecule has 2 atom stereocenters. The minimum absolute atomic E-state index is 0.439. The molecule has 0 aliphatic carbocycles. The van der Waals surface area contributed by atoms with E-state index in [-0.39, 0.29) is 0 Å². The normalized spacial score (nSPS) is 13.6. The summed E-state index contributed by atoms with van der Waals surface area (Å²) in [6, 6.07) is 12.9. The van der Waals surface area contributed by atoms with Crippen LogP contribution in [0, 0.1) is 41.5 Å². The van der Waals surface area contributed by atoms with Gasteiger partial charge in [-0.25, -0.2) is 0 Å². The van der Waals surface area contributed by atoms with Crippen LogP contribution in [0.2, 0.25) is 0 Å². The number of ether oxygens (including phenoxy) is 1. The van der Waals surface area contributed by atoms with Crippen molar-refractivity contribution in [2.75, 3.05) is 0 Å². The van der Waals surface area contributed by atoms with E-state index in [0.717, 1.165) is 65.0 Å². The molecular weight excluding hydrogens is 504 g/mol. The van der Waals surface area contributed by atoms with E-state index in [2.05, 4.69) is 84.5 Å². The fraction of sp³-hybridized carbons (Fsp3) is 0.308. The monoisotopic (exact) mass is 530 g/mol. The van der Waals surface area contributed by atoms with Gasteiger partial charge in [0.05, 0.1) is 0 Å². The Balaban J connectivity index is 1.55. The fourth-order valence-electron chi connectivity index (χ4n) is 4.42. The lowest BCUT2D eigenvalue weighted by molar-refractivity contribution is 0.0289. The van der Waals surface area contributed by atoms with Crippen LogP contribution in [0.5, 0.6) is 0 Å². The minimum Gasteiger partial charge on any atom is -0.351 e. The van der Waals surface area contributed by atoms with Gasteiger partial charge in [-0.05, 0) is 63.8 Å². The number of hydrogen-bond acceptors (Lipinski definition) is 9. The summed E-state index contributed by atoms with van der Waals surface area (Å²) in [5.74, 6) is 1.49. The van der Waals surface area contributed by atoms with Crippen LogP contribution in [0.15, 0.2) is 36.4 Å². The standard InChI is InChI=1S/C26H26N8OS2/c1-13-7-9-15(3)19(11-13)21(23-31-33-17(5)27-29-25(33)36-23)35-22(20-12-14(2)8-10-16(20)4)24-32-34-18(6)28-30-26(34)37-24/h7-12,21-22H,1-6H3. The Morgan fingerprint density at radius 3 is 1.46 bits per heavy atom. The van der Waals surface area contributed by atoms with E-state index in [1.54, 1.807) is 9.03 Å². The van der Waals surface area contributed by atoms with E-state index < -0.39 is 12.2 Å². The number of aryl methyl sites for hydroxylation is 6. The van der Waals surface area contributed by atoms with E-state index in [1.165, 1.54) is 22.7 Å². The Bertz CT molecular complexity index is 1630. The lowest BCUT2D eigenvalue weighted by Gasteiger charge is -2.25. The molecule has 0 aliphatic heterocycles. The summed E-state index contributed by atoms with van der Waals surface area (Å²) in [4.78, 5) is 1.48. The van der Waals surface area contributed by atoms with Crippen LogP contribution in [0.25, 0.3) is 9.92 Å². The van der Waals surface area contributed by atoms with Crippen molar-refractivity contribution in [3.05, 3.63) is 91.4 Å². The highest BCUT2D eigenvalue weighted by Crippen LogP contribution is 2.41. The van der Waals surface area contributed by atoms with Gasteiger partial charge in [0, 0.05) is 0 Å². The Morgan fingerprint density at radius 1 is 0.622 bits per heavy atom. The van der Waals surface area contributed by atoms with Crippen molar-refractivity contribution in [1.82, 2.24) is 39.6 Å². The molecule has 37 heavy (non-hydrogen) atoms. The summed E-state index contributed by atoms with van der Waals surface area (Å²) in [5, 5.41) is 28.3. The second-order valence-electron chi connectivity index (χ2n) is 9.38. The van der Waals surface area contributed by atoms with Gasteiger partial charge in [-0.2, -0.15) is 19.2 Å². The molecule has 4 heterocycles. The van der Waals surface area contributed by atoms with Crippen molar-refractivity contribution in [2.45, 2.75) is 53.8 Å². The van der Waals surface area contributed by atoms with E-state index in [9.17, 15) is 0 Å². The molecule has 0 amide bonds. The summed E-state index contributed by atoms with van der Waals surface area (Å²) >= 11 is 2.99. The van der Waals surface area contributed by atoms with Gasteiger partial charge >= 0.3 is 0 Å². The quantitative estimate of drug-likeness (QED) is 0.283. The third-order valence-corrected chi connectivity index (χ3v) is 8.36. The Kier molecular flexibility index (Phi) is 5.85. The molecule has 2 aromatic carbocycles. The first-order chi connectivity index (χ1) is 17.8. The highest BCUT2D eigenvalue weighted by Gasteiger charge is 2.31. The predicted molar refractivity (Wildman–Crippen MR) is 143 cm³/mol. The highest BCUT2D eigenvalue weighted by atomic mass is 32.1. The summed E-state index contributed by atoms with van der Waals surface area (Å²) in [7, 11) is 0. The average Bonchev–Trinajstić information content (AvgIpc) is 3.63. The Morgan fingerprint density at radius 2 is 1.05 bits per heavy atom. The van der Waals surface area contributed by atoms with Crippen molar-refractivity contribution in [3.8, 4) is 0 Å². The maximum atomic E-state index is 7.12. The molecule has 6 rings (SSSR count). The molecule has 0 radical (unpaired) electrons. The van der Waals surface area contributed by atoms with Crippen molar-refractivity contribution in [1.29, 1.82) is 0 Å². The summed E-state index contributed by atoms with van der Waals surface area (Å²) in [6.45, 7) is 12.2. The molecule has 0 N–H and O–H groups in total. The first-order valence-electron chi connectivity index (χ1n) is 12.0. The van der Waals surface area contributed by atoms with E-state index in [4.69, 9.17) is 14.9 Å². The minimum atomic E-state index is -0.439. The zero-order valence-corrected chi connectivity index (χ0v) is 23.1. The molecule has 2 unspecified atom stereocenters. The van der Waals surface area contributed by atoms with E-state index in [0.29, 0.717) is 0 Å². The largest absolute Gasteiger partial charge is 0.351 e. The molecule has 4 aromatic heterocycles. The van der Waals surface area contributed by atoms with E-state index >= 15 is 0 Å². The van der Waals surface area contributed by atoms with Crippen LogP contribution in [0.1, 0.15) is 67.3 Å². The molecule has 0 fully saturated rings. The van der Waals surface area contributed by atoms with Gasteiger partial charge in [-0.3, -0.25) is 0 Å². The van der Waals surface area contributed by atoms with Gasteiger partial charge in [0.1, 0.15) is 12.2 Å². The maximum Gasteiger partial charge on any atom is 0.234 e. The number of fused-ring (bicyclic) bond motifs is 2. The van der Waals surface area contributed by atoms with Crippen LogP contribution >= 0.6 is 22.7 Å². The van der Waals surface area contributed by atoms with Gasteiger partial charge in [0.2, 0.25) is 9.92 Å². The molecule has 9 nitrogen and oxygen atoms in total. The van der Waals surface area contributed by atoms with Gasteiger partial charge < -0.3 is 4.74 Å². The van der Waals surface area contributed by atoms with Crippen LogP contribution in [0.3, 0.4) is 0 Å². The maximum absolute atomic E-state index is 7.12. The summed E-state index contributed by atoms with van der Waals surface area (Å²) < 4.78 is 10.7. The predicted octanol–water partition coefficient (Wildman–Crippen LogP) is 5.43. The number of aromatic nitrogens is 8. The Hall–Kier alpha value is -3.54. The molecule has 188 valence electrons. The molecule has 6 aromatic rings. The summed E-state index contributed by atoms with van der Waals surface area (Å²) in [6.07, 6.45) is -0.877. The molecule has 0 spiro atoms. The smallest absolute Gasteiger partial charge is 0.234 e. The van der Waals surface area contributed by atoms with E-state index in [1.807, 2.05) is 13.8 Å². The van der Waals surface area contributed by atoms with Crippen molar-refractivity contribution in [2.24, 2.45) is 0 Å². The number of nitrogens with zero attached hydrogens (tertiary/aromatic N) is 8. The van der Waals surface area contributed by atoms with Crippen LogP contribution in [0.4, 0.5) is 0 Å². The first-order valence-corrected chi connectivity index (χ1v) is 13.6. The molecule has 0 bridgehead atoms. The molecule has 0 saturated carbocycles. The zero-order chi connectivity index (χ0) is 25.8. The average molecular weight is 531 g/mol. The van der Waals surface area contributed by atoms with Crippen LogP contribution in [-0.2, 0) is 4.74 Å². The number of hydrogen-bond donors (Lipinski definition) is 0. The number of rotatable bonds is 6. The summed E-state index contributed by atoms with van der Waals surface area (Å²) in [5.41, 5.74) is 6.71. The lowest BCUT2D eigenvalue weighted by atomic mass is 9.98. The third kappa shape index (κ3) is 4.22. The first kappa shape index (κ1) is 23.8. The molecule has 0 aliphatic rings. The lowest BCUT2D eigenvalue weighted by Crippen LogP contribution is -2.16. The fourth-order valence-corrected chi connectivity index (χ4v) is 6.30. The van der Waals surface area contributed by atoms with Crippen molar-refractivity contribution < 1.29 is 4.74 Å². The Labute approximate surface area is 221 Å². The molecule has 11 heteroatoms. The van der Waals surface area contributed by atoms with Crippen LogP contribution in [-0.4, -0.2) is 39.6 Å². The zero-order valence-electron chi connectivity index (χ0n) is 21.4. The topological polar surface area (TPSA) is 95.4 Å². The SMILES string of the molecule is Cc1ccc(C)c(C(OC(c2nn3c(C)nnc3s2)c2cc(C)ccc2C)c2nn3c(C)nnc3s2)c1. The van der Waals surface area contributed by atoms with Gasteiger partial charge in [-0.1, -0.05) is 70.2 Å². The number of benzene rings is 2. The van der Waals surface area contributed by atoms with Gasteiger partial charge in [0.25, 0.3) is 0 Å². The third-order valence-electron chi connectivity index (χ3n) is 6.48. The van der Waals surface area contributed by atoms with Crippen molar-refractivity contribution in [3.63, 3.8) is 0 Å². The highest BCUT2D eigenvalue weighted by molar-refractivity contribution is 7.17. The van der Waals surface area contributed by atoms with Crippen molar-refractivity contribution >= 4 is 32.6 Å². The second-order valence-corrected chi connectivity index (χ2v) is 11.4. The molecular formula is C26H26N8OS2.